The molecule has 2 rings (SSSR count). The van der Waals surface area contributed by atoms with E-state index >= 15 is 0 Å². The third-order valence-electron chi connectivity index (χ3n) is 2.86. The molecule has 0 heterocycles. The summed E-state index contributed by atoms with van der Waals surface area (Å²) in [5.41, 5.74) is 3.02. The third-order valence-corrected chi connectivity index (χ3v) is 4.22. The Morgan fingerprint density at radius 2 is 1.96 bits per heavy atom. The zero-order valence-corrected chi connectivity index (χ0v) is 15.2. The summed E-state index contributed by atoms with van der Waals surface area (Å²) in [6, 6.07) is 12.4. The Kier molecular flexibility index (Phi) is 6.45. The van der Waals surface area contributed by atoms with Crippen molar-refractivity contribution in [2.75, 3.05) is 0 Å². The summed E-state index contributed by atoms with van der Waals surface area (Å²) < 4.78 is 6.46. The average Bonchev–Trinajstić information content (AvgIpc) is 2.53. The largest absolute Gasteiger partial charge is 0.481 e. The number of benzene rings is 2. The SMILES string of the molecule is C[C@@H](Oc1ccc(Br)cc1)C(=O)N/N=C\c1cccc(Cl)c1Cl. The summed E-state index contributed by atoms with van der Waals surface area (Å²) in [5.74, 6) is 0.222. The summed E-state index contributed by atoms with van der Waals surface area (Å²) in [6.45, 7) is 1.64. The van der Waals surface area contributed by atoms with E-state index < -0.39 is 6.10 Å². The summed E-state index contributed by atoms with van der Waals surface area (Å²) >= 11 is 15.3. The van der Waals surface area contributed by atoms with E-state index in [1.165, 1.54) is 6.21 Å². The van der Waals surface area contributed by atoms with Gasteiger partial charge in [-0.3, -0.25) is 4.79 Å². The second kappa shape index (κ2) is 8.34. The first kappa shape index (κ1) is 17.8. The van der Waals surface area contributed by atoms with Crippen molar-refractivity contribution in [3.8, 4) is 5.75 Å². The van der Waals surface area contributed by atoms with E-state index in [1.807, 2.05) is 12.1 Å². The molecule has 7 heteroatoms. The molecule has 0 aromatic heterocycles. The maximum absolute atomic E-state index is 11.9. The van der Waals surface area contributed by atoms with Crippen molar-refractivity contribution in [3.05, 3.63) is 62.5 Å². The smallest absolute Gasteiger partial charge is 0.280 e. The number of amides is 1. The van der Waals surface area contributed by atoms with Crippen LogP contribution in [0.25, 0.3) is 0 Å². The molecule has 1 N–H and O–H groups in total. The van der Waals surface area contributed by atoms with Gasteiger partial charge in [0.15, 0.2) is 6.10 Å². The molecule has 2 aromatic carbocycles. The fraction of sp³-hybridized carbons (Fsp3) is 0.125. The molecule has 0 spiro atoms. The molecule has 0 unspecified atom stereocenters. The molecule has 0 aliphatic heterocycles. The van der Waals surface area contributed by atoms with Crippen molar-refractivity contribution in [1.29, 1.82) is 0 Å². The molecular formula is C16H13BrCl2N2O2. The maximum Gasteiger partial charge on any atom is 0.280 e. The zero-order chi connectivity index (χ0) is 16.8. The summed E-state index contributed by atoms with van der Waals surface area (Å²) in [4.78, 5) is 11.9. The van der Waals surface area contributed by atoms with Crippen molar-refractivity contribution in [2.45, 2.75) is 13.0 Å². The number of rotatable bonds is 5. The van der Waals surface area contributed by atoms with E-state index in [2.05, 4.69) is 26.5 Å². The molecule has 120 valence electrons. The lowest BCUT2D eigenvalue weighted by Gasteiger charge is -2.12. The van der Waals surface area contributed by atoms with E-state index in [-0.39, 0.29) is 5.91 Å². The minimum Gasteiger partial charge on any atom is -0.481 e. The van der Waals surface area contributed by atoms with Gasteiger partial charge in [-0.25, -0.2) is 5.43 Å². The lowest BCUT2D eigenvalue weighted by Crippen LogP contribution is -2.33. The number of ether oxygens (including phenoxy) is 1. The molecule has 23 heavy (non-hydrogen) atoms. The number of hydrazone groups is 1. The first-order valence-electron chi connectivity index (χ1n) is 6.66. The Morgan fingerprint density at radius 1 is 1.26 bits per heavy atom. The van der Waals surface area contributed by atoms with Gasteiger partial charge in [-0.1, -0.05) is 51.3 Å². The first-order valence-corrected chi connectivity index (χ1v) is 8.21. The van der Waals surface area contributed by atoms with Gasteiger partial charge >= 0.3 is 0 Å². The quantitative estimate of drug-likeness (QED) is 0.569. The zero-order valence-electron chi connectivity index (χ0n) is 12.1. The average molecular weight is 416 g/mol. The Bertz CT molecular complexity index is 721. The number of hydrogen-bond donors (Lipinski definition) is 1. The van der Waals surface area contributed by atoms with Gasteiger partial charge in [0, 0.05) is 10.0 Å². The highest BCUT2D eigenvalue weighted by Gasteiger charge is 2.13. The maximum atomic E-state index is 11.9. The van der Waals surface area contributed by atoms with Crippen LogP contribution in [0.1, 0.15) is 12.5 Å². The summed E-state index contributed by atoms with van der Waals surface area (Å²) in [6.07, 6.45) is 0.738. The van der Waals surface area contributed by atoms with Crippen molar-refractivity contribution >= 4 is 51.3 Å². The van der Waals surface area contributed by atoms with Gasteiger partial charge in [0.1, 0.15) is 5.75 Å². The normalized spacial score (nSPS) is 12.2. The molecule has 1 amide bonds. The highest BCUT2D eigenvalue weighted by Crippen LogP contribution is 2.24. The van der Waals surface area contributed by atoms with Crippen molar-refractivity contribution in [2.24, 2.45) is 5.10 Å². The fourth-order valence-electron chi connectivity index (χ4n) is 1.65. The van der Waals surface area contributed by atoms with Crippen LogP contribution in [0.2, 0.25) is 10.0 Å². The van der Waals surface area contributed by atoms with Crippen LogP contribution < -0.4 is 10.2 Å². The van der Waals surface area contributed by atoms with Gasteiger partial charge in [-0.05, 0) is 37.3 Å². The van der Waals surface area contributed by atoms with E-state index in [9.17, 15) is 4.79 Å². The molecular weight excluding hydrogens is 403 g/mol. The molecule has 0 aliphatic carbocycles. The molecule has 0 saturated heterocycles. The lowest BCUT2D eigenvalue weighted by molar-refractivity contribution is -0.127. The number of hydrogen-bond acceptors (Lipinski definition) is 3. The fourth-order valence-corrected chi connectivity index (χ4v) is 2.27. The van der Waals surface area contributed by atoms with Crippen LogP contribution in [0, 0.1) is 0 Å². The molecule has 0 fully saturated rings. The molecule has 0 aliphatic rings. The number of carbonyl (C=O) groups excluding carboxylic acids is 1. The van der Waals surface area contributed by atoms with E-state index in [4.69, 9.17) is 27.9 Å². The van der Waals surface area contributed by atoms with Gasteiger partial charge in [0.25, 0.3) is 5.91 Å². The number of halogens is 3. The number of nitrogens with zero attached hydrogens (tertiary/aromatic N) is 1. The predicted molar refractivity (Wildman–Crippen MR) is 96.4 cm³/mol. The molecule has 0 saturated carbocycles. The minimum absolute atomic E-state index is 0.373. The minimum atomic E-state index is -0.692. The first-order chi connectivity index (χ1) is 11.0. The molecule has 0 radical (unpaired) electrons. The molecule has 2 aromatic rings. The van der Waals surface area contributed by atoms with Crippen LogP contribution in [-0.2, 0) is 4.79 Å². The second-order valence-corrected chi connectivity index (χ2v) is 6.29. The van der Waals surface area contributed by atoms with Crippen LogP contribution in [0.15, 0.2) is 52.0 Å². The molecule has 1 atom stereocenters. The summed E-state index contributed by atoms with van der Waals surface area (Å²) in [5, 5.41) is 4.67. The summed E-state index contributed by atoms with van der Waals surface area (Å²) in [7, 11) is 0. The van der Waals surface area contributed by atoms with Crippen LogP contribution in [0.3, 0.4) is 0 Å². The van der Waals surface area contributed by atoms with Gasteiger partial charge in [0.05, 0.1) is 16.3 Å². The van der Waals surface area contributed by atoms with Gasteiger partial charge < -0.3 is 4.74 Å². The third kappa shape index (κ3) is 5.23. The highest BCUT2D eigenvalue weighted by atomic mass is 79.9. The number of nitrogens with one attached hydrogen (secondary N) is 1. The Morgan fingerprint density at radius 3 is 2.65 bits per heavy atom. The predicted octanol–water partition coefficient (Wildman–Crippen LogP) is 4.67. The van der Waals surface area contributed by atoms with Crippen molar-refractivity contribution in [3.63, 3.8) is 0 Å². The number of carbonyl (C=O) groups is 1. The van der Waals surface area contributed by atoms with Crippen LogP contribution in [0.4, 0.5) is 0 Å². The van der Waals surface area contributed by atoms with Gasteiger partial charge in [-0.15, -0.1) is 0 Å². The van der Waals surface area contributed by atoms with E-state index in [0.29, 0.717) is 21.4 Å². The van der Waals surface area contributed by atoms with Crippen LogP contribution in [0.5, 0.6) is 5.75 Å². The highest BCUT2D eigenvalue weighted by molar-refractivity contribution is 9.10. The Hall–Kier alpha value is -1.56. The lowest BCUT2D eigenvalue weighted by atomic mass is 10.2. The molecule has 4 nitrogen and oxygen atoms in total. The van der Waals surface area contributed by atoms with Crippen LogP contribution in [-0.4, -0.2) is 18.2 Å². The van der Waals surface area contributed by atoms with Crippen molar-refractivity contribution in [1.82, 2.24) is 5.43 Å². The second-order valence-electron chi connectivity index (χ2n) is 4.59. The monoisotopic (exact) mass is 414 g/mol. The van der Waals surface area contributed by atoms with Gasteiger partial charge in [0.2, 0.25) is 0 Å². The standard InChI is InChI=1S/C16H13BrCl2N2O2/c1-10(23-13-7-5-12(17)6-8-13)16(22)21-20-9-11-3-2-4-14(18)15(11)19/h2-10H,1H3,(H,21,22)/b20-9-/t10-/m1/s1. The molecule has 0 bridgehead atoms. The van der Waals surface area contributed by atoms with E-state index in [1.54, 1.807) is 37.3 Å². The topological polar surface area (TPSA) is 50.7 Å². The Balaban J connectivity index is 1.92. The van der Waals surface area contributed by atoms with Gasteiger partial charge in [-0.2, -0.15) is 5.10 Å². The van der Waals surface area contributed by atoms with Crippen LogP contribution >= 0.6 is 39.1 Å². The van der Waals surface area contributed by atoms with E-state index in [0.717, 1.165) is 4.47 Å². The Labute approximate surface area is 152 Å². The van der Waals surface area contributed by atoms with Crippen molar-refractivity contribution < 1.29 is 9.53 Å².